The van der Waals surface area contributed by atoms with Gasteiger partial charge in [-0.15, -0.1) is 22.7 Å². The summed E-state index contributed by atoms with van der Waals surface area (Å²) in [5.74, 6) is 1.71. The number of nitrogens with one attached hydrogen (secondary N) is 1. The van der Waals surface area contributed by atoms with Gasteiger partial charge in [0.05, 0.1) is 16.8 Å². The summed E-state index contributed by atoms with van der Waals surface area (Å²) in [7, 11) is 0. The van der Waals surface area contributed by atoms with Crippen molar-refractivity contribution in [3.8, 4) is 0 Å². The maximum absolute atomic E-state index is 13.2. The third kappa shape index (κ3) is 2.61. The first-order valence-electron chi connectivity index (χ1n) is 9.02. The van der Waals surface area contributed by atoms with Gasteiger partial charge in [0, 0.05) is 17.5 Å². The lowest BCUT2D eigenvalue weighted by Gasteiger charge is -2.26. The van der Waals surface area contributed by atoms with E-state index in [1.807, 2.05) is 13.0 Å². The smallest absolute Gasteiger partial charge is 0.264 e. The number of aromatic nitrogens is 2. The standard InChI is InChI=1S/C19H20N4OS2/c1-11-15-17(20-8-14-3-2-6-25-14)21-10-22-18(15)26-16(11)19(24)23-9-12-4-5-13(23)7-12/h2-3,6,10,12-13H,4-5,7-9H2,1H3,(H,20,21,22). The largest absolute Gasteiger partial charge is 0.365 e. The van der Waals surface area contributed by atoms with E-state index in [2.05, 4.69) is 31.6 Å². The number of fused-ring (bicyclic) bond motifs is 3. The van der Waals surface area contributed by atoms with Gasteiger partial charge in [0.25, 0.3) is 5.91 Å². The van der Waals surface area contributed by atoms with Gasteiger partial charge in [0.2, 0.25) is 0 Å². The second kappa shape index (κ2) is 6.32. The Balaban J connectivity index is 1.47. The van der Waals surface area contributed by atoms with E-state index in [9.17, 15) is 4.79 Å². The summed E-state index contributed by atoms with van der Waals surface area (Å²) in [4.78, 5) is 27.1. The van der Waals surface area contributed by atoms with Crippen LogP contribution < -0.4 is 5.32 Å². The highest BCUT2D eigenvalue weighted by Gasteiger charge is 2.41. The van der Waals surface area contributed by atoms with Crippen LogP contribution in [0.3, 0.4) is 0 Å². The molecule has 1 amide bonds. The molecule has 1 aliphatic heterocycles. The van der Waals surface area contributed by atoms with Crippen LogP contribution in [0.1, 0.15) is 39.4 Å². The lowest BCUT2D eigenvalue weighted by atomic mass is 10.1. The number of piperidine rings is 1. The van der Waals surface area contributed by atoms with E-state index in [0.717, 1.165) is 46.0 Å². The number of rotatable bonds is 4. The Kier molecular flexibility index (Phi) is 3.94. The SMILES string of the molecule is Cc1c(C(=O)N2CC3CCC2C3)sc2ncnc(NCc3cccs3)c12. The first-order valence-corrected chi connectivity index (χ1v) is 10.7. The van der Waals surface area contributed by atoms with E-state index in [1.165, 1.54) is 29.1 Å². The highest BCUT2D eigenvalue weighted by Crippen LogP contribution is 2.40. The number of anilines is 1. The highest BCUT2D eigenvalue weighted by molar-refractivity contribution is 7.20. The third-order valence-corrected chi connectivity index (χ3v) is 7.67. The molecule has 0 spiro atoms. The molecule has 26 heavy (non-hydrogen) atoms. The zero-order chi connectivity index (χ0) is 17.7. The number of likely N-dealkylation sites (tertiary alicyclic amines) is 1. The first-order chi connectivity index (χ1) is 12.7. The molecule has 1 aliphatic carbocycles. The number of carbonyl (C=O) groups is 1. The maximum Gasteiger partial charge on any atom is 0.264 e. The van der Waals surface area contributed by atoms with Gasteiger partial charge in [0.1, 0.15) is 17.0 Å². The summed E-state index contributed by atoms with van der Waals surface area (Å²) in [6.45, 7) is 3.69. The van der Waals surface area contributed by atoms with Gasteiger partial charge in [-0.3, -0.25) is 4.79 Å². The Morgan fingerprint density at radius 3 is 3.04 bits per heavy atom. The van der Waals surface area contributed by atoms with Crippen molar-refractivity contribution in [2.75, 3.05) is 11.9 Å². The van der Waals surface area contributed by atoms with Crippen LogP contribution in [-0.4, -0.2) is 33.4 Å². The molecule has 0 aromatic carbocycles. The van der Waals surface area contributed by atoms with Crippen LogP contribution in [0, 0.1) is 12.8 Å². The van der Waals surface area contributed by atoms with Crippen LogP contribution in [0.5, 0.6) is 0 Å². The van der Waals surface area contributed by atoms with Crippen molar-refractivity contribution in [2.45, 2.75) is 38.8 Å². The van der Waals surface area contributed by atoms with Crippen molar-refractivity contribution in [1.29, 1.82) is 0 Å². The molecule has 4 heterocycles. The van der Waals surface area contributed by atoms with E-state index < -0.39 is 0 Å². The van der Waals surface area contributed by atoms with Crippen molar-refractivity contribution in [1.82, 2.24) is 14.9 Å². The second-order valence-corrected chi connectivity index (χ2v) is 9.21. The van der Waals surface area contributed by atoms with Crippen molar-refractivity contribution in [3.63, 3.8) is 0 Å². The lowest BCUT2D eigenvalue weighted by Crippen LogP contribution is -2.37. The second-order valence-electron chi connectivity index (χ2n) is 7.18. The lowest BCUT2D eigenvalue weighted by molar-refractivity contribution is 0.0708. The molecule has 2 aliphatic rings. The normalized spacial score (nSPS) is 21.7. The predicted octanol–water partition coefficient (Wildman–Crippen LogP) is 4.30. The molecule has 3 aromatic heterocycles. The first kappa shape index (κ1) is 16.2. The Morgan fingerprint density at radius 2 is 2.31 bits per heavy atom. The molecular weight excluding hydrogens is 364 g/mol. The number of aryl methyl sites for hydroxylation is 1. The van der Waals surface area contributed by atoms with Gasteiger partial charge in [-0.1, -0.05) is 6.07 Å². The van der Waals surface area contributed by atoms with E-state index >= 15 is 0 Å². The fraction of sp³-hybridized carbons (Fsp3) is 0.421. The zero-order valence-electron chi connectivity index (χ0n) is 14.6. The van der Waals surface area contributed by atoms with E-state index in [4.69, 9.17) is 0 Å². The number of amides is 1. The molecule has 0 radical (unpaired) electrons. The molecule has 2 fully saturated rings. The van der Waals surface area contributed by atoms with Gasteiger partial charge in [-0.05, 0) is 49.1 Å². The minimum atomic E-state index is 0.182. The van der Waals surface area contributed by atoms with Crippen LogP contribution in [0.15, 0.2) is 23.8 Å². The minimum absolute atomic E-state index is 0.182. The van der Waals surface area contributed by atoms with Crippen molar-refractivity contribution in [3.05, 3.63) is 39.2 Å². The Morgan fingerprint density at radius 1 is 1.38 bits per heavy atom. The average Bonchev–Trinajstić information content (AvgIpc) is 3.44. The van der Waals surface area contributed by atoms with E-state index in [-0.39, 0.29) is 5.91 Å². The summed E-state index contributed by atoms with van der Waals surface area (Å²) >= 11 is 3.23. The van der Waals surface area contributed by atoms with Gasteiger partial charge < -0.3 is 10.2 Å². The molecule has 1 saturated carbocycles. The number of thiophene rings is 2. The summed E-state index contributed by atoms with van der Waals surface area (Å²) in [5.41, 5.74) is 1.01. The number of carbonyl (C=O) groups excluding carboxylic acids is 1. The zero-order valence-corrected chi connectivity index (χ0v) is 16.2. The molecule has 1 N–H and O–H groups in total. The minimum Gasteiger partial charge on any atom is -0.365 e. The van der Waals surface area contributed by atoms with Crippen LogP contribution >= 0.6 is 22.7 Å². The number of hydrogen-bond acceptors (Lipinski definition) is 6. The summed E-state index contributed by atoms with van der Waals surface area (Å²) in [5, 5.41) is 6.48. The van der Waals surface area contributed by atoms with Gasteiger partial charge in [-0.25, -0.2) is 9.97 Å². The summed E-state index contributed by atoms with van der Waals surface area (Å²) in [6, 6.07) is 4.60. The number of nitrogens with zero attached hydrogens (tertiary/aromatic N) is 3. The van der Waals surface area contributed by atoms with Gasteiger partial charge >= 0.3 is 0 Å². The maximum atomic E-state index is 13.2. The van der Waals surface area contributed by atoms with Gasteiger partial charge in [-0.2, -0.15) is 0 Å². The molecule has 1 saturated heterocycles. The fourth-order valence-electron chi connectivity index (χ4n) is 4.30. The van der Waals surface area contributed by atoms with E-state index in [0.29, 0.717) is 12.0 Å². The van der Waals surface area contributed by atoms with Gasteiger partial charge in [0.15, 0.2) is 0 Å². The van der Waals surface area contributed by atoms with Crippen LogP contribution in [0.25, 0.3) is 10.2 Å². The average molecular weight is 385 g/mol. The highest BCUT2D eigenvalue weighted by atomic mass is 32.1. The molecule has 5 rings (SSSR count). The molecule has 134 valence electrons. The van der Waals surface area contributed by atoms with E-state index in [1.54, 1.807) is 17.7 Å². The van der Waals surface area contributed by atoms with Crippen LogP contribution in [-0.2, 0) is 6.54 Å². The summed E-state index contributed by atoms with van der Waals surface area (Å²) < 4.78 is 0. The van der Waals surface area contributed by atoms with Crippen LogP contribution in [0.4, 0.5) is 5.82 Å². The third-order valence-electron chi connectivity index (χ3n) is 5.60. The molecule has 5 nitrogen and oxygen atoms in total. The topological polar surface area (TPSA) is 58.1 Å². The molecule has 3 aromatic rings. The monoisotopic (exact) mass is 384 g/mol. The van der Waals surface area contributed by atoms with Crippen molar-refractivity contribution >= 4 is 44.6 Å². The Bertz CT molecular complexity index is 965. The molecule has 2 atom stereocenters. The van der Waals surface area contributed by atoms with Crippen molar-refractivity contribution in [2.24, 2.45) is 5.92 Å². The fourth-order valence-corrected chi connectivity index (χ4v) is 6.05. The Labute approximate surface area is 160 Å². The molecular formula is C19H20N4OS2. The molecule has 2 bridgehead atoms. The number of hydrogen-bond donors (Lipinski definition) is 1. The Hall–Kier alpha value is -1.99. The summed E-state index contributed by atoms with van der Waals surface area (Å²) in [6.07, 6.45) is 5.21. The van der Waals surface area contributed by atoms with Crippen LogP contribution in [0.2, 0.25) is 0 Å². The van der Waals surface area contributed by atoms with Crippen molar-refractivity contribution < 1.29 is 4.79 Å². The molecule has 7 heteroatoms. The predicted molar refractivity (Wildman–Crippen MR) is 106 cm³/mol. The quantitative estimate of drug-likeness (QED) is 0.729. The molecule has 2 unspecified atom stereocenters.